The molecule has 5 heteroatoms. The number of halogens is 1. The number of rotatable bonds is 5. The fourth-order valence-corrected chi connectivity index (χ4v) is 2.04. The molecule has 2 rings (SSSR count). The van der Waals surface area contributed by atoms with Gasteiger partial charge in [-0.2, -0.15) is 4.99 Å². The van der Waals surface area contributed by atoms with E-state index in [1.165, 1.54) is 19.3 Å². The maximum Gasteiger partial charge on any atom is 0.235 e. The minimum absolute atomic E-state index is 0.0815. The lowest BCUT2D eigenvalue weighted by molar-refractivity contribution is 0.228. The van der Waals surface area contributed by atoms with Gasteiger partial charge in [0.2, 0.25) is 6.08 Å². The first-order chi connectivity index (χ1) is 9.02. The summed E-state index contributed by atoms with van der Waals surface area (Å²) in [6.07, 6.45) is 2.73. The minimum atomic E-state index is -0.754. The monoisotopic (exact) mass is 265 g/mol. The van der Waals surface area contributed by atoms with Crippen molar-refractivity contribution in [3.8, 4) is 11.5 Å². The number of isocyanates is 1. The van der Waals surface area contributed by atoms with Crippen LogP contribution in [0.15, 0.2) is 17.1 Å². The Morgan fingerprint density at radius 2 is 2.05 bits per heavy atom. The molecule has 19 heavy (non-hydrogen) atoms. The second kappa shape index (κ2) is 5.02. The van der Waals surface area contributed by atoms with E-state index in [9.17, 15) is 9.18 Å². The summed E-state index contributed by atoms with van der Waals surface area (Å²) >= 11 is 0. The molecule has 0 radical (unpaired) electrons. The maximum absolute atomic E-state index is 14.2. The fourth-order valence-electron chi connectivity index (χ4n) is 2.04. The Morgan fingerprint density at radius 3 is 2.53 bits per heavy atom. The van der Waals surface area contributed by atoms with Crippen molar-refractivity contribution in [3.05, 3.63) is 23.5 Å². The largest absolute Gasteiger partial charge is 0.493 e. The molecule has 0 N–H and O–H groups in total. The molecule has 4 nitrogen and oxygen atoms in total. The number of hydrogen-bond donors (Lipinski definition) is 0. The molecule has 1 aromatic carbocycles. The maximum atomic E-state index is 14.2. The second-order valence-corrected chi connectivity index (χ2v) is 4.88. The molecule has 1 aromatic rings. The topological polar surface area (TPSA) is 47.9 Å². The highest BCUT2D eigenvalue weighted by Crippen LogP contribution is 2.51. The molecule has 0 aliphatic heterocycles. The summed E-state index contributed by atoms with van der Waals surface area (Å²) in [5, 5.41) is 0. The highest BCUT2D eigenvalue weighted by molar-refractivity contribution is 5.49. The van der Waals surface area contributed by atoms with Crippen molar-refractivity contribution in [2.24, 2.45) is 4.99 Å². The number of nitrogens with zero attached hydrogens (tertiary/aromatic N) is 1. The van der Waals surface area contributed by atoms with Crippen LogP contribution < -0.4 is 9.47 Å². The number of ether oxygens (including phenoxy) is 2. The lowest BCUT2D eigenvalue weighted by atomic mass is 10.0. The number of carbonyl (C=O) groups excluding carboxylic acids is 1. The molecule has 0 aromatic heterocycles. The van der Waals surface area contributed by atoms with E-state index < -0.39 is 11.4 Å². The summed E-state index contributed by atoms with van der Waals surface area (Å²) in [4.78, 5) is 14.2. The van der Waals surface area contributed by atoms with Gasteiger partial charge in [-0.3, -0.25) is 0 Å². The van der Waals surface area contributed by atoms with Crippen LogP contribution in [0.3, 0.4) is 0 Å². The molecule has 0 unspecified atom stereocenters. The Hall–Kier alpha value is -1.87. The molecule has 0 saturated heterocycles. The predicted molar refractivity (Wildman–Crippen MR) is 67.7 cm³/mol. The zero-order valence-electron chi connectivity index (χ0n) is 11.2. The summed E-state index contributed by atoms with van der Waals surface area (Å²) in [5.41, 5.74) is -0.390. The zero-order chi connectivity index (χ0) is 14.0. The Morgan fingerprint density at radius 1 is 1.37 bits per heavy atom. The third kappa shape index (κ3) is 2.61. The highest BCUT2D eigenvalue weighted by atomic mass is 19.1. The summed E-state index contributed by atoms with van der Waals surface area (Å²) < 4.78 is 24.9. The van der Waals surface area contributed by atoms with Crippen LogP contribution in [0.1, 0.15) is 32.3 Å². The average molecular weight is 265 g/mol. The van der Waals surface area contributed by atoms with E-state index in [0.29, 0.717) is 29.9 Å². The van der Waals surface area contributed by atoms with Gasteiger partial charge in [-0.25, -0.2) is 9.18 Å². The lowest BCUT2D eigenvalue weighted by Gasteiger charge is -2.17. The standard InChI is InChI=1S/C14H16FNO3/c1-9(2)19-13-7-11(15)10(6-12(13)18-3)14(4-5-14)16-8-17/h6-7,9H,4-5H2,1-3H3. The normalized spacial score (nSPS) is 15.8. The van der Waals surface area contributed by atoms with Gasteiger partial charge in [0.25, 0.3) is 0 Å². The molecule has 0 amide bonds. The Kier molecular flexibility index (Phi) is 3.58. The molecule has 0 bridgehead atoms. The van der Waals surface area contributed by atoms with E-state index in [4.69, 9.17) is 9.47 Å². The second-order valence-electron chi connectivity index (χ2n) is 4.88. The summed E-state index contributed by atoms with van der Waals surface area (Å²) in [6.45, 7) is 3.70. The van der Waals surface area contributed by atoms with Gasteiger partial charge in [-0.1, -0.05) is 0 Å². The number of aliphatic imine (C=N–C) groups is 1. The predicted octanol–water partition coefficient (Wildman–Crippen LogP) is 2.95. The lowest BCUT2D eigenvalue weighted by Crippen LogP contribution is -2.10. The van der Waals surface area contributed by atoms with Crippen molar-refractivity contribution in [1.82, 2.24) is 0 Å². The molecule has 1 aliphatic carbocycles. The van der Waals surface area contributed by atoms with Crippen LogP contribution in [0.4, 0.5) is 4.39 Å². The molecule has 0 atom stereocenters. The molecule has 1 saturated carbocycles. The van der Waals surface area contributed by atoms with E-state index in [1.54, 1.807) is 6.07 Å². The van der Waals surface area contributed by atoms with E-state index >= 15 is 0 Å². The fraction of sp³-hybridized carbons (Fsp3) is 0.500. The summed E-state index contributed by atoms with van der Waals surface area (Å²) in [6, 6.07) is 2.84. The van der Waals surface area contributed by atoms with Crippen LogP contribution in [0.2, 0.25) is 0 Å². The van der Waals surface area contributed by atoms with Crippen molar-refractivity contribution in [2.45, 2.75) is 38.3 Å². The quantitative estimate of drug-likeness (QED) is 0.607. The molecule has 0 spiro atoms. The SMILES string of the molecule is COc1cc(C2(N=C=O)CC2)c(F)cc1OC(C)C. The molecule has 0 heterocycles. The van der Waals surface area contributed by atoms with Crippen LogP contribution >= 0.6 is 0 Å². The van der Waals surface area contributed by atoms with E-state index in [-0.39, 0.29) is 6.10 Å². The van der Waals surface area contributed by atoms with Crippen molar-refractivity contribution >= 4 is 6.08 Å². The third-order valence-corrected chi connectivity index (χ3v) is 3.10. The first kappa shape index (κ1) is 13.6. The van der Waals surface area contributed by atoms with E-state index in [0.717, 1.165) is 0 Å². The molecule has 1 fully saturated rings. The van der Waals surface area contributed by atoms with Crippen molar-refractivity contribution in [3.63, 3.8) is 0 Å². The van der Waals surface area contributed by atoms with Crippen LogP contribution in [0, 0.1) is 5.82 Å². The Balaban J connectivity index is 2.45. The summed E-state index contributed by atoms with van der Waals surface area (Å²) in [5.74, 6) is 0.357. The molecule has 1 aliphatic rings. The van der Waals surface area contributed by atoms with Crippen molar-refractivity contribution in [1.29, 1.82) is 0 Å². The zero-order valence-corrected chi connectivity index (χ0v) is 11.2. The van der Waals surface area contributed by atoms with Gasteiger partial charge in [-0.15, -0.1) is 0 Å². The van der Waals surface area contributed by atoms with Crippen LogP contribution in [-0.4, -0.2) is 19.3 Å². The van der Waals surface area contributed by atoms with Gasteiger partial charge in [0.15, 0.2) is 11.5 Å². The summed E-state index contributed by atoms with van der Waals surface area (Å²) in [7, 11) is 1.49. The number of hydrogen-bond acceptors (Lipinski definition) is 4. The Labute approximate surface area is 111 Å². The van der Waals surface area contributed by atoms with Gasteiger partial charge in [0, 0.05) is 11.6 Å². The third-order valence-electron chi connectivity index (χ3n) is 3.10. The van der Waals surface area contributed by atoms with Gasteiger partial charge in [-0.05, 0) is 32.8 Å². The van der Waals surface area contributed by atoms with Crippen LogP contribution in [0.5, 0.6) is 11.5 Å². The molecular formula is C14H16FNO3. The van der Waals surface area contributed by atoms with E-state index in [2.05, 4.69) is 4.99 Å². The highest BCUT2D eigenvalue weighted by Gasteiger charge is 2.47. The molecular weight excluding hydrogens is 249 g/mol. The van der Waals surface area contributed by atoms with E-state index in [1.807, 2.05) is 13.8 Å². The smallest absolute Gasteiger partial charge is 0.235 e. The average Bonchev–Trinajstić information content (AvgIpc) is 3.10. The van der Waals surface area contributed by atoms with Crippen LogP contribution in [-0.2, 0) is 10.3 Å². The molecule has 102 valence electrons. The van der Waals surface area contributed by atoms with Gasteiger partial charge in [0.1, 0.15) is 11.4 Å². The first-order valence-electron chi connectivity index (χ1n) is 6.16. The van der Waals surface area contributed by atoms with Crippen molar-refractivity contribution < 1.29 is 18.7 Å². The van der Waals surface area contributed by atoms with Gasteiger partial charge < -0.3 is 9.47 Å². The number of methoxy groups -OCH3 is 1. The minimum Gasteiger partial charge on any atom is -0.493 e. The van der Waals surface area contributed by atoms with Crippen LogP contribution in [0.25, 0.3) is 0 Å². The van der Waals surface area contributed by atoms with Gasteiger partial charge >= 0.3 is 0 Å². The number of benzene rings is 1. The Bertz CT molecular complexity index is 532. The first-order valence-corrected chi connectivity index (χ1v) is 6.16. The van der Waals surface area contributed by atoms with Crippen molar-refractivity contribution in [2.75, 3.05) is 7.11 Å². The van der Waals surface area contributed by atoms with Gasteiger partial charge in [0.05, 0.1) is 13.2 Å².